The summed E-state index contributed by atoms with van der Waals surface area (Å²) in [7, 11) is 0. The molecule has 0 aliphatic carbocycles. The molecule has 134 valence electrons. The first-order valence-electron chi connectivity index (χ1n) is 8.76. The molecule has 1 aromatic carbocycles. The summed E-state index contributed by atoms with van der Waals surface area (Å²) in [6.07, 6.45) is 4.09. The number of hydrogen-bond acceptors (Lipinski definition) is 4. The van der Waals surface area contributed by atoms with E-state index in [1.54, 1.807) is 6.07 Å². The van der Waals surface area contributed by atoms with Gasteiger partial charge in [0.2, 0.25) is 5.91 Å². The summed E-state index contributed by atoms with van der Waals surface area (Å²) in [5.74, 6) is 0.757. The zero-order valence-corrected chi connectivity index (χ0v) is 14.6. The number of aryl methyl sites for hydroxylation is 1. The predicted octanol–water partition coefficient (Wildman–Crippen LogP) is 2.73. The van der Waals surface area contributed by atoms with Crippen molar-refractivity contribution >= 4 is 11.6 Å². The number of halogens is 1. The highest BCUT2D eigenvalue weighted by atomic mass is 19.1. The van der Waals surface area contributed by atoms with Crippen molar-refractivity contribution in [2.75, 3.05) is 5.32 Å². The molecule has 0 saturated carbocycles. The summed E-state index contributed by atoms with van der Waals surface area (Å²) in [6, 6.07) is 3.86. The van der Waals surface area contributed by atoms with Crippen LogP contribution < -0.4 is 11.1 Å². The maximum absolute atomic E-state index is 14.4. The highest BCUT2D eigenvalue weighted by molar-refractivity contribution is 5.95. The first-order valence-corrected chi connectivity index (χ1v) is 8.76. The Balaban J connectivity index is 1.90. The smallest absolute Gasteiger partial charge is 0.241 e. The maximum atomic E-state index is 14.4. The highest BCUT2D eigenvalue weighted by Crippen LogP contribution is 2.27. The molecule has 0 spiro atoms. The number of anilines is 1. The van der Waals surface area contributed by atoms with Crippen LogP contribution in [0.3, 0.4) is 0 Å². The number of aromatic nitrogens is 3. The van der Waals surface area contributed by atoms with Crippen LogP contribution in [-0.2, 0) is 17.8 Å². The van der Waals surface area contributed by atoms with Gasteiger partial charge in [0.25, 0.3) is 0 Å². The Kier molecular flexibility index (Phi) is 5.13. The molecule has 0 bridgehead atoms. The summed E-state index contributed by atoms with van der Waals surface area (Å²) in [6.45, 7) is 4.55. The molecule has 6 nitrogen and oxygen atoms in total. The lowest BCUT2D eigenvalue weighted by Gasteiger charge is -2.16. The summed E-state index contributed by atoms with van der Waals surface area (Å²) < 4.78 is 16.4. The Labute approximate surface area is 146 Å². The number of carbonyl (C=O) groups is 1. The summed E-state index contributed by atoms with van der Waals surface area (Å²) >= 11 is 0. The second kappa shape index (κ2) is 7.31. The van der Waals surface area contributed by atoms with Crippen LogP contribution in [0.5, 0.6) is 0 Å². The molecule has 2 heterocycles. The Morgan fingerprint density at radius 3 is 2.84 bits per heavy atom. The minimum Gasteiger partial charge on any atom is -0.325 e. The number of amides is 1. The van der Waals surface area contributed by atoms with Gasteiger partial charge in [-0.2, -0.15) is 0 Å². The van der Waals surface area contributed by atoms with E-state index in [0.29, 0.717) is 17.1 Å². The minimum atomic E-state index is -0.613. The van der Waals surface area contributed by atoms with Crippen LogP contribution in [0.2, 0.25) is 0 Å². The predicted molar refractivity (Wildman–Crippen MR) is 94.4 cm³/mol. The first kappa shape index (κ1) is 17.5. The summed E-state index contributed by atoms with van der Waals surface area (Å²) in [4.78, 5) is 12.2. The fraction of sp³-hybridized carbons (Fsp3) is 0.500. The molecule has 7 heteroatoms. The number of nitrogens with two attached hydrogens (primary N) is 1. The SMILES string of the molecule is CC(C)[C@H](N)C(=O)Nc1ccc(F)c(-c2nnc3n2CCCCC3)c1. The van der Waals surface area contributed by atoms with Crippen LogP contribution in [-0.4, -0.2) is 26.7 Å². The molecule has 3 N–H and O–H groups in total. The molecule has 1 atom stereocenters. The van der Waals surface area contributed by atoms with Gasteiger partial charge in [-0.25, -0.2) is 4.39 Å². The summed E-state index contributed by atoms with van der Waals surface area (Å²) in [5, 5.41) is 11.2. The van der Waals surface area contributed by atoms with Crippen molar-refractivity contribution < 1.29 is 9.18 Å². The molecule has 0 saturated heterocycles. The zero-order chi connectivity index (χ0) is 18.0. The molecule has 0 unspecified atom stereocenters. The molecule has 0 fully saturated rings. The number of fused-ring (bicyclic) bond motifs is 1. The molecular formula is C18H24FN5O. The van der Waals surface area contributed by atoms with Crippen molar-refractivity contribution in [2.45, 2.75) is 52.1 Å². The monoisotopic (exact) mass is 345 g/mol. The lowest BCUT2D eigenvalue weighted by Crippen LogP contribution is -2.39. The Bertz CT molecular complexity index is 771. The van der Waals surface area contributed by atoms with Gasteiger partial charge in [0.1, 0.15) is 11.6 Å². The van der Waals surface area contributed by atoms with E-state index >= 15 is 0 Å². The van der Waals surface area contributed by atoms with Crippen LogP contribution in [0, 0.1) is 11.7 Å². The molecule has 25 heavy (non-hydrogen) atoms. The fourth-order valence-electron chi connectivity index (χ4n) is 2.99. The normalized spacial score (nSPS) is 15.6. The van der Waals surface area contributed by atoms with E-state index in [9.17, 15) is 9.18 Å². The van der Waals surface area contributed by atoms with E-state index in [-0.39, 0.29) is 17.6 Å². The number of nitrogens with zero attached hydrogens (tertiary/aromatic N) is 3. The van der Waals surface area contributed by atoms with E-state index in [1.165, 1.54) is 12.1 Å². The number of nitrogens with one attached hydrogen (secondary N) is 1. The lowest BCUT2D eigenvalue weighted by molar-refractivity contribution is -0.118. The standard InChI is InChI=1S/C18H24FN5O/c1-11(2)16(20)18(25)21-12-7-8-14(19)13(10-12)17-23-22-15-6-4-3-5-9-24(15)17/h7-8,10-11,16H,3-6,9,20H2,1-2H3,(H,21,25)/t16-/m0/s1. The van der Waals surface area contributed by atoms with E-state index in [1.807, 2.05) is 18.4 Å². The van der Waals surface area contributed by atoms with Crippen LogP contribution in [0.1, 0.15) is 38.9 Å². The third-order valence-electron chi connectivity index (χ3n) is 4.61. The van der Waals surface area contributed by atoms with Crippen molar-refractivity contribution in [2.24, 2.45) is 11.7 Å². The van der Waals surface area contributed by atoms with E-state index in [0.717, 1.165) is 38.1 Å². The minimum absolute atomic E-state index is 0.0205. The molecule has 1 aromatic heterocycles. The first-order chi connectivity index (χ1) is 12.0. The number of rotatable bonds is 4. The topological polar surface area (TPSA) is 85.8 Å². The van der Waals surface area contributed by atoms with Gasteiger partial charge >= 0.3 is 0 Å². The number of hydrogen-bond donors (Lipinski definition) is 2. The Morgan fingerprint density at radius 2 is 2.08 bits per heavy atom. The van der Waals surface area contributed by atoms with Crippen LogP contribution in [0.15, 0.2) is 18.2 Å². The van der Waals surface area contributed by atoms with Gasteiger partial charge in [0.05, 0.1) is 11.6 Å². The lowest BCUT2D eigenvalue weighted by atomic mass is 10.0. The zero-order valence-electron chi connectivity index (χ0n) is 14.6. The molecular weight excluding hydrogens is 321 g/mol. The number of benzene rings is 1. The van der Waals surface area contributed by atoms with Gasteiger partial charge in [0, 0.05) is 18.7 Å². The average molecular weight is 345 g/mol. The molecule has 1 aliphatic heterocycles. The van der Waals surface area contributed by atoms with E-state index in [4.69, 9.17) is 5.73 Å². The van der Waals surface area contributed by atoms with E-state index in [2.05, 4.69) is 15.5 Å². The van der Waals surface area contributed by atoms with Gasteiger partial charge in [-0.3, -0.25) is 4.79 Å². The third kappa shape index (κ3) is 3.71. The highest BCUT2D eigenvalue weighted by Gasteiger charge is 2.21. The van der Waals surface area contributed by atoms with Gasteiger partial charge in [0.15, 0.2) is 5.82 Å². The quantitative estimate of drug-likeness (QED) is 0.892. The van der Waals surface area contributed by atoms with Gasteiger partial charge in [-0.15, -0.1) is 10.2 Å². The molecule has 1 amide bonds. The van der Waals surface area contributed by atoms with Crippen LogP contribution >= 0.6 is 0 Å². The van der Waals surface area contributed by atoms with Crippen molar-refractivity contribution in [3.63, 3.8) is 0 Å². The Hall–Kier alpha value is -2.28. The van der Waals surface area contributed by atoms with Crippen molar-refractivity contribution in [3.05, 3.63) is 29.8 Å². The largest absolute Gasteiger partial charge is 0.325 e. The molecule has 3 rings (SSSR count). The fourth-order valence-corrected chi connectivity index (χ4v) is 2.99. The molecule has 0 radical (unpaired) electrons. The average Bonchev–Trinajstić information content (AvgIpc) is 2.83. The second-order valence-corrected chi connectivity index (χ2v) is 6.86. The van der Waals surface area contributed by atoms with Crippen molar-refractivity contribution in [1.82, 2.24) is 14.8 Å². The van der Waals surface area contributed by atoms with Crippen molar-refractivity contribution in [1.29, 1.82) is 0 Å². The van der Waals surface area contributed by atoms with Crippen LogP contribution in [0.25, 0.3) is 11.4 Å². The molecule has 1 aliphatic rings. The Morgan fingerprint density at radius 1 is 1.28 bits per heavy atom. The third-order valence-corrected chi connectivity index (χ3v) is 4.61. The molecule has 2 aromatic rings. The van der Waals surface area contributed by atoms with Gasteiger partial charge < -0.3 is 15.6 Å². The van der Waals surface area contributed by atoms with Crippen LogP contribution in [0.4, 0.5) is 10.1 Å². The summed E-state index contributed by atoms with van der Waals surface area (Å²) in [5.41, 5.74) is 6.71. The van der Waals surface area contributed by atoms with E-state index < -0.39 is 6.04 Å². The maximum Gasteiger partial charge on any atom is 0.241 e. The van der Waals surface area contributed by atoms with Crippen molar-refractivity contribution in [3.8, 4) is 11.4 Å². The van der Waals surface area contributed by atoms with Gasteiger partial charge in [-0.1, -0.05) is 20.3 Å². The number of carbonyl (C=O) groups excluding carboxylic acids is 1. The second-order valence-electron chi connectivity index (χ2n) is 6.86. The van der Waals surface area contributed by atoms with Gasteiger partial charge in [-0.05, 0) is 37.0 Å².